The first kappa shape index (κ1) is 24.2. The molecule has 0 aliphatic carbocycles. The molecule has 1 fully saturated rings. The Kier molecular flexibility index (Phi) is 6.94. The Morgan fingerprint density at radius 3 is 2.38 bits per heavy atom. The van der Waals surface area contributed by atoms with Gasteiger partial charge in [-0.1, -0.05) is 12.1 Å². The molecule has 0 N–H and O–H groups in total. The lowest BCUT2D eigenvalue weighted by Gasteiger charge is -2.38. The van der Waals surface area contributed by atoms with E-state index in [1.807, 2.05) is 17.0 Å². The van der Waals surface area contributed by atoms with Crippen molar-refractivity contribution in [2.45, 2.75) is 23.2 Å². The van der Waals surface area contributed by atoms with Crippen molar-refractivity contribution in [2.24, 2.45) is 0 Å². The third-order valence-electron chi connectivity index (χ3n) is 6.73. The molecule has 9 heteroatoms. The molecule has 2 aliphatic heterocycles. The number of nitrogens with zero attached hydrogens (tertiary/aromatic N) is 3. The van der Waals surface area contributed by atoms with Gasteiger partial charge >= 0.3 is 0 Å². The van der Waals surface area contributed by atoms with Gasteiger partial charge in [0.2, 0.25) is 5.91 Å². The highest BCUT2D eigenvalue weighted by Crippen LogP contribution is 2.49. The molecule has 0 saturated carbocycles. The van der Waals surface area contributed by atoms with Gasteiger partial charge in [-0.25, -0.2) is 13.3 Å². The second-order valence-corrected chi connectivity index (χ2v) is 10.8. The van der Waals surface area contributed by atoms with Gasteiger partial charge in [-0.2, -0.15) is 0 Å². The Balaban J connectivity index is 1.39. The van der Waals surface area contributed by atoms with E-state index in [-0.39, 0.29) is 10.8 Å². The second-order valence-electron chi connectivity index (χ2n) is 8.78. The van der Waals surface area contributed by atoms with Crippen molar-refractivity contribution >= 4 is 27.1 Å². The topological polar surface area (TPSA) is 80.5 Å². The number of methoxy groups -OCH3 is 1. The predicted molar refractivity (Wildman–Crippen MR) is 129 cm³/mol. The second kappa shape index (κ2) is 9.74. The fraction of sp³-hybridized carbons (Fsp3) is 0.440. The van der Waals surface area contributed by atoms with Gasteiger partial charge in [-0.05, 0) is 61.8 Å². The first-order valence-electron chi connectivity index (χ1n) is 11.3. The smallest absolute Gasteiger partial charge is 0.237 e. The minimum absolute atomic E-state index is 0.101. The monoisotopic (exact) mass is 483 g/mol. The highest BCUT2D eigenvalue weighted by atomic mass is 32.2. The molecule has 0 atom stereocenters. The first-order chi connectivity index (χ1) is 16.3. The molecule has 1 amide bonds. The third kappa shape index (κ3) is 4.67. The predicted octanol–water partition coefficient (Wildman–Crippen LogP) is 3.05. The number of carbonyl (C=O) groups excluding carboxylic acids is 1. The maximum Gasteiger partial charge on any atom is 0.237 e. The zero-order valence-corrected chi connectivity index (χ0v) is 20.3. The van der Waals surface area contributed by atoms with Crippen LogP contribution in [0.3, 0.4) is 0 Å². The Bertz CT molecular complexity index is 1200. The van der Waals surface area contributed by atoms with Crippen LogP contribution in [0.2, 0.25) is 0 Å². The molecule has 34 heavy (non-hydrogen) atoms. The number of likely N-dealkylation sites (tertiary alicyclic amines) is 1. The fourth-order valence-electron chi connectivity index (χ4n) is 4.82. The minimum atomic E-state index is -3.23. The van der Waals surface area contributed by atoms with Crippen molar-refractivity contribution in [1.29, 1.82) is 0 Å². The molecule has 2 aromatic carbocycles. The van der Waals surface area contributed by atoms with E-state index in [1.54, 1.807) is 37.4 Å². The van der Waals surface area contributed by atoms with Crippen LogP contribution in [0.25, 0.3) is 4.85 Å². The van der Waals surface area contributed by atoms with E-state index in [2.05, 4.69) is 9.74 Å². The van der Waals surface area contributed by atoms with Crippen LogP contribution in [0.5, 0.6) is 5.75 Å². The summed E-state index contributed by atoms with van der Waals surface area (Å²) < 4.78 is 34.2. The molecule has 4 rings (SSSR count). The molecule has 1 spiro atoms. The summed E-state index contributed by atoms with van der Waals surface area (Å²) in [7, 11) is -1.60. The van der Waals surface area contributed by atoms with E-state index in [0.29, 0.717) is 50.6 Å². The summed E-state index contributed by atoms with van der Waals surface area (Å²) >= 11 is 0. The first-order valence-corrected chi connectivity index (χ1v) is 13.2. The molecule has 1 saturated heterocycles. The molecule has 2 heterocycles. The average molecular weight is 484 g/mol. The van der Waals surface area contributed by atoms with Crippen molar-refractivity contribution in [1.82, 2.24) is 4.90 Å². The normalized spacial score (nSPS) is 17.6. The number of benzene rings is 2. The van der Waals surface area contributed by atoms with Crippen LogP contribution in [0, 0.1) is 6.57 Å². The Morgan fingerprint density at radius 2 is 1.76 bits per heavy atom. The number of ether oxygens (including phenoxy) is 2. The number of sulfone groups is 1. The minimum Gasteiger partial charge on any atom is -0.492 e. The fourth-order valence-corrected chi connectivity index (χ4v) is 5.45. The summed E-state index contributed by atoms with van der Waals surface area (Å²) in [4.78, 5) is 21.5. The van der Waals surface area contributed by atoms with Gasteiger partial charge in [0.05, 0.1) is 23.5 Å². The Hall–Kier alpha value is -2.93. The van der Waals surface area contributed by atoms with Gasteiger partial charge in [-0.3, -0.25) is 9.69 Å². The molecule has 0 bridgehead atoms. The summed E-state index contributed by atoms with van der Waals surface area (Å²) in [6.45, 7) is 11.0. The number of carbonyl (C=O) groups is 1. The zero-order valence-electron chi connectivity index (χ0n) is 19.5. The lowest BCUT2D eigenvalue weighted by molar-refractivity contribution is -0.125. The van der Waals surface area contributed by atoms with Crippen LogP contribution < -0.4 is 9.64 Å². The SMILES string of the molecule is [C-]#[N+]c1ccc2c(c1)C1(CCN(CCOc3ccc(S(C)(=O)=O)cc3)CC1)C(=O)N2CCOC. The molecule has 2 aromatic rings. The van der Waals surface area contributed by atoms with E-state index in [0.717, 1.165) is 24.3 Å². The number of anilines is 1. The number of hydrogen-bond acceptors (Lipinski definition) is 6. The van der Waals surface area contributed by atoms with Crippen LogP contribution in [-0.4, -0.2) is 72.0 Å². The Morgan fingerprint density at radius 1 is 1.06 bits per heavy atom. The highest BCUT2D eigenvalue weighted by molar-refractivity contribution is 7.90. The number of piperidine rings is 1. The van der Waals surface area contributed by atoms with Crippen LogP contribution in [0.4, 0.5) is 11.4 Å². The van der Waals surface area contributed by atoms with Crippen LogP contribution >= 0.6 is 0 Å². The number of fused-ring (bicyclic) bond motifs is 2. The lowest BCUT2D eigenvalue weighted by Crippen LogP contribution is -2.49. The zero-order chi connectivity index (χ0) is 24.3. The molecular formula is C25H29N3O5S. The maximum absolute atomic E-state index is 13.6. The average Bonchev–Trinajstić information content (AvgIpc) is 3.05. The molecular weight excluding hydrogens is 454 g/mol. The quantitative estimate of drug-likeness (QED) is 0.537. The van der Waals surface area contributed by atoms with Gasteiger partial charge in [-0.15, -0.1) is 0 Å². The van der Waals surface area contributed by atoms with E-state index in [1.165, 1.54) is 6.26 Å². The van der Waals surface area contributed by atoms with Crippen molar-refractivity contribution < 1.29 is 22.7 Å². The Labute approximate surface area is 200 Å². The summed E-state index contributed by atoms with van der Waals surface area (Å²) in [6, 6.07) is 12.0. The number of hydrogen-bond donors (Lipinski definition) is 0. The van der Waals surface area contributed by atoms with Crippen molar-refractivity contribution in [3.05, 3.63) is 59.4 Å². The maximum atomic E-state index is 13.6. The van der Waals surface area contributed by atoms with Gasteiger partial charge < -0.3 is 14.4 Å². The molecule has 0 radical (unpaired) electrons. The van der Waals surface area contributed by atoms with Crippen LogP contribution in [0.1, 0.15) is 18.4 Å². The van der Waals surface area contributed by atoms with Crippen molar-refractivity contribution in [3.63, 3.8) is 0 Å². The lowest BCUT2D eigenvalue weighted by atomic mass is 9.73. The van der Waals surface area contributed by atoms with Gasteiger partial charge in [0.1, 0.15) is 12.4 Å². The van der Waals surface area contributed by atoms with Crippen molar-refractivity contribution in [2.75, 3.05) is 57.7 Å². The van der Waals surface area contributed by atoms with Gasteiger partial charge in [0.25, 0.3) is 0 Å². The highest BCUT2D eigenvalue weighted by Gasteiger charge is 2.51. The molecule has 180 valence electrons. The number of amides is 1. The van der Waals surface area contributed by atoms with E-state index < -0.39 is 15.3 Å². The molecule has 8 nitrogen and oxygen atoms in total. The summed E-state index contributed by atoms with van der Waals surface area (Å²) in [6.07, 6.45) is 2.55. The number of rotatable bonds is 8. The standard InChI is InChI=1S/C25H29N3O5S/c1-26-19-4-9-23-22(18-19)25(24(29)28(23)15-16-32-2)10-12-27(13-11-25)14-17-33-20-5-7-21(8-6-20)34(3,30)31/h4-9,18H,10-17H2,2-3H3. The summed E-state index contributed by atoms with van der Waals surface area (Å²) in [5, 5.41) is 0. The van der Waals surface area contributed by atoms with E-state index in [9.17, 15) is 13.2 Å². The van der Waals surface area contributed by atoms with Gasteiger partial charge in [0.15, 0.2) is 15.5 Å². The summed E-state index contributed by atoms with van der Waals surface area (Å²) in [5.41, 5.74) is 1.81. The van der Waals surface area contributed by atoms with Crippen LogP contribution in [0.15, 0.2) is 47.4 Å². The molecule has 0 unspecified atom stereocenters. The van der Waals surface area contributed by atoms with E-state index >= 15 is 0 Å². The molecule has 2 aliphatic rings. The van der Waals surface area contributed by atoms with Crippen molar-refractivity contribution in [3.8, 4) is 5.75 Å². The van der Waals surface area contributed by atoms with E-state index in [4.69, 9.17) is 16.0 Å². The third-order valence-corrected chi connectivity index (χ3v) is 7.86. The van der Waals surface area contributed by atoms with Crippen LogP contribution in [-0.2, 0) is 24.8 Å². The summed E-state index contributed by atoms with van der Waals surface area (Å²) in [5.74, 6) is 0.727. The largest absolute Gasteiger partial charge is 0.492 e. The molecule has 0 aromatic heterocycles. The van der Waals surface area contributed by atoms with Gasteiger partial charge in [0, 0.05) is 32.1 Å².